The van der Waals surface area contributed by atoms with Gasteiger partial charge in [-0.05, 0) is 105 Å². The van der Waals surface area contributed by atoms with Crippen LogP contribution in [0.4, 0.5) is 5.82 Å². The first kappa shape index (κ1) is 46.1. The highest BCUT2D eigenvalue weighted by atomic mass is 32.2. The van der Waals surface area contributed by atoms with Crippen molar-refractivity contribution in [3.8, 4) is 17.3 Å². The van der Waals surface area contributed by atoms with Gasteiger partial charge in [0.15, 0.2) is 0 Å². The first-order valence-corrected chi connectivity index (χ1v) is 24.1. The van der Waals surface area contributed by atoms with Crippen LogP contribution in [0.15, 0.2) is 42.7 Å². The number of nitrogens with zero attached hydrogens (tertiary/aromatic N) is 6. The number of primary amides is 1. The molecule has 0 spiro atoms. The summed E-state index contributed by atoms with van der Waals surface area (Å²) in [5, 5.41) is 0. The summed E-state index contributed by atoms with van der Waals surface area (Å²) in [4.78, 5) is 71.9. The Morgan fingerprint density at radius 3 is 2.43 bits per heavy atom. The summed E-state index contributed by atoms with van der Waals surface area (Å²) in [6, 6.07) is 5.33. The number of anilines is 1. The van der Waals surface area contributed by atoms with Crippen molar-refractivity contribution in [3.05, 3.63) is 42.7 Å². The largest absolute Gasteiger partial charge is 0.460 e. The molecular weight excluding hydrogens is 821 g/mol. The predicted octanol–water partition coefficient (Wildman–Crippen LogP) is 6.58. The molecule has 16 heteroatoms. The number of allylic oxidation sites excluding steroid dienone is 2. The third kappa shape index (κ3) is 10.9. The van der Waals surface area contributed by atoms with Gasteiger partial charge in [0.05, 0.1) is 46.7 Å². The number of hydrogen-bond acceptors (Lipinski definition) is 11. The van der Waals surface area contributed by atoms with Crippen molar-refractivity contribution < 1.29 is 32.9 Å². The van der Waals surface area contributed by atoms with Gasteiger partial charge in [0.1, 0.15) is 40.1 Å². The molecule has 4 fully saturated rings. The van der Waals surface area contributed by atoms with Crippen molar-refractivity contribution >= 4 is 51.5 Å². The molecule has 7 atom stereocenters. The zero-order valence-corrected chi connectivity index (χ0v) is 38.8. The van der Waals surface area contributed by atoms with E-state index in [0.717, 1.165) is 81.4 Å². The van der Waals surface area contributed by atoms with Crippen LogP contribution in [-0.4, -0.2) is 94.4 Å². The number of likely N-dealkylation sites (tertiary alicyclic amines) is 1. The van der Waals surface area contributed by atoms with Gasteiger partial charge < -0.3 is 25.0 Å². The topological polar surface area (TPSA) is 192 Å². The number of carbonyl (C=O) groups excluding carboxylic acids is 4. The predicted molar refractivity (Wildman–Crippen MR) is 243 cm³/mol. The molecule has 2 saturated carbocycles. The molecular formula is C47H66N8O7S. The molecule has 2 aliphatic heterocycles. The summed E-state index contributed by atoms with van der Waals surface area (Å²) in [6.07, 6.45) is 15.8. The van der Waals surface area contributed by atoms with Gasteiger partial charge >= 0.3 is 5.97 Å². The van der Waals surface area contributed by atoms with Crippen molar-refractivity contribution in [2.45, 2.75) is 148 Å². The normalized spacial score (nSPS) is 23.2. The van der Waals surface area contributed by atoms with E-state index in [1.165, 1.54) is 4.90 Å². The lowest BCUT2D eigenvalue weighted by Crippen LogP contribution is -2.48. The SMILES string of the molecule is CC(C(=O)OC(C)(C)C)[C@@H](CCCCC/C=C\[C@@H]1C[C@@H]1C(=O)NS(=O)C1(C)CC1)C(=O)N1C[C@H](Oc2nc3c(-c4cnc(N5CCCC5)cn4)cccc3n2C(C)C)C[C@H]1C(N)=O. The number of nitrogens with two attached hydrogens (primary N) is 1. The lowest BCUT2D eigenvalue weighted by molar-refractivity contribution is -0.164. The van der Waals surface area contributed by atoms with E-state index in [9.17, 15) is 23.4 Å². The Morgan fingerprint density at radius 1 is 1.03 bits per heavy atom. The van der Waals surface area contributed by atoms with Gasteiger partial charge in [-0.15, -0.1) is 0 Å². The van der Waals surface area contributed by atoms with Crippen LogP contribution in [0.25, 0.3) is 22.3 Å². The van der Waals surface area contributed by atoms with Gasteiger partial charge in [-0.1, -0.05) is 44.1 Å². The quantitative estimate of drug-likeness (QED) is 0.0751. The maximum Gasteiger partial charge on any atom is 0.309 e. The van der Waals surface area contributed by atoms with Gasteiger partial charge in [0.25, 0.3) is 6.01 Å². The molecule has 2 aromatic heterocycles. The molecule has 0 bridgehead atoms. The van der Waals surface area contributed by atoms with E-state index in [1.807, 2.05) is 49.7 Å². The molecule has 0 radical (unpaired) electrons. The molecule has 7 rings (SSSR count). The average Bonchev–Trinajstić information content (AvgIpc) is 3.95. The number of unbranched alkanes of at least 4 members (excludes halogenated alkanes) is 3. The highest BCUT2D eigenvalue weighted by molar-refractivity contribution is 7.85. The second-order valence-electron chi connectivity index (χ2n) is 19.6. The maximum absolute atomic E-state index is 14.6. The van der Waals surface area contributed by atoms with Crippen LogP contribution in [-0.2, 0) is 34.9 Å². The highest BCUT2D eigenvalue weighted by Gasteiger charge is 2.48. The number of fused-ring (bicyclic) bond motifs is 1. The first-order valence-electron chi connectivity index (χ1n) is 22.9. The first-order chi connectivity index (χ1) is 29.9. The fourth-order valence-electron chi connectivity index (χ4n) is 8.81. The van der Waals surface area contributed by atoms with Crippen LogP contribution < -0.4 is 20.1 Å². The number of amides is 3. The van der Waals surface area contributed by atoms with Crippen molar-refractivity contribution in [2.24, 2.45) is 29.4 Å². The second kappa shape index (κ2) is 19.1. The number of aromatic nitrogens is 4. The number of hydrogen-bond donors (Lipinski definition) is 2. The van der Waals surface area contributed by atoms with Crippen LogP contribution in [0.3, 0.4) is 0 Å². The summed E-state index contributed by atoms with van der Waals surface area (Å²) < 4.78 is 29.2. The maximum atomic E-state index is 14.6. The highest BCUT2D eigenvalue weighted by Crippen LogP contribution is 2.43. The average molecular weight is 887 g/mol. The third-order valence-electron chi connectivity index (χ3n) is 12.9. The summed E-state index contributed by atoms with van der Waals surface area (Å²) in [5.74, 6) is -2.17. The zero-order valence-electron chi connectivity index (χ0n) is 38.0. The van der Waals surface area contributed by atoms with Gasteiger partial charge in [-0.3, -0.25) is 33.5 Å². The Kier molecular flexibility index (Phi) is 14.0. The third-order valence-corrected chi connectivity index (χ3v) is 14.6. The number of imidazole rings is 1. The number of carbonyl (C=O) groups is 4. The second-order valence-corrected chi connectivity index (χ2v) is 21.3. The Bertz CT molecular complexity index is 2210. The van der Waals surface area contributed by atoms with E-state index in [4.69, 9.17) is 30.2 Å². The monoisotopic (exact) mass is 886 g/mol. The molecule has 3 amide bonds. The summed E-state index contributed by atoms with van der Waals surface area (Å²) in [7, 11) is -1.33. The van der Waals surface area contributed by atoms with E-state index < -0.39 is 52.4 Å². The summed E-state index contributed by atoms with van der Waals surface area (Å²) in [6.45, 7) is 15.2. The van der Waals surface area contributed by atoms with Crippen molar-refractivity contribution in [1.29, 1.82) is 0 Å². The minimum absolute atomic E-state index is 0.0323. The molecule has 15 nitrogen and oxygen atoms in total. The van der Waals surface area contributed by atoms with Crippen LogP contribution >= 0.6 is 0 Å². The van der Waals surface area contributed by atoms with E-state index >= 15 is 0 Å². The zero-order chi connectivity index (χ0) is 45.2. The fourth-order valence-corrected chi connectivity index (χ4v) is 9.87. The number of ether oxygens (including phenoxy) is 2. The van der Waals surface area contributed by atoms with Crippen molar-refractivity contribution in [2.75, 3.05) is 24.5 Å². The van der Waals surface area contributed by atoms with Crippen LogP contribution in [0, 0.1) is 23.7 Å². The van der Waals surface area contributed by atoms with Gasteiger partial charge in [-0.25, -0.2) is 9.19 Å². The smallest absolute Gasteiger partial charge is 0.309 e. The molecule has 3 N–H and O–H groups in total. The lowest BCUT2D eigenvalue weighted by atomic mass is 9.87. The number of benzene rings is 1. The van der Waals surface area contributed by atoms with E-state index in [1.54, 1.807) is 33.9 Å². The Hall–Kier alpha value is -4.86. The van der Waals surface area contributed by atoms with E-state index in [2.05, 4.69) is 21.8 Å². The minimum Gasteiger partial charge on any atom is -0.460 e. The van der Waals surface area contributed by atoms with Gasteiger partial charge in [-0.2, -0.15) is 4.98 Å². The number of para-hydroxylation sites is 1. The lowest BCUT2D eigenvalue weighted by Gasteiger charge is -2.31. The fraction of sp³-hybridized carbons (Fsp3) is 0.638. The van der Waals surface area contributed by atoms with Crippen LogP contribution in [0.1, 0.15) is 125 Å². The molecule has 2 aliphatic carbocycles. The Labute approximate surface area is 373 Å². The summed E-state index contributed by atoms with van der Waals surface area (Å²) >= 11 is 0. The standard InChI is InChI=1S/C47H66N8O7S/c1-29(2)55-37-19-15-18-34(36-26-50-39(27-49-36)53-22-13-14-23-53)40(37)51-45(55)61-32-25-38(41(48)56)54(28-32)43(58)33(30(3)44(59)62-46(4,5)6)17-12-10-8-9-11-16-31-24-35(31)42(57)52-63(60)47(7)20-21-47/h11,15-16,18-19,26-27,29-33,35,38H,8-10,12-14,17,20-25,28H2,1-7H3,(H2,48,56)(H,52,57)/b16-11-/t30?,31-,32-,33-,35+,38+,63?/m1/s1. The van der Waals surface area contributed by atoms with Crippen molar-refractivity contribution in [3.63, 3.8) is 0 Å². The van der Waals surface area contributed by atoms with Crippen LogP contribution in [0.5, 0.6) is 6.01 Å². The Balaban J connectivity index is 1.00. The molecule has 3 aromatic rings. The molecule has 2 unspecified atom stereocenters. The van der Waals surface area contributed by atoms with E-state index in [-0.39, 0.29) is 47.4 Å². The van der Waals surface area contributed by atoms with Crippen molar-refractivity contribution in [1.82, 2.24) is 29.1 Å². The molecule has 342 valence electrons. The molecule has 1 aromatic carbocycles. The molecule has 4 aliphatic rings. The number of nitrogens with one attached hydrogen (secondary N) is 1. The molecule has 4 heterocycles. The van der Waals surface area contributed by atoms with Gasteiger partial charge in [0, 0.05) is 37.0 Å². The van der Waals surface area contributed by atoms with Crippen LogP contribution in [0.2, 0.25) is 0 Å². The Morgan fingerprint density at radius 2 is 1.78 bits per heavy atom. The molecule has 2 saturated heterocycles. The number of esters is 1. The molecule has 63 heavy (non-hydrogen) atoms. The number of rotatable bonds is 19. The van der Waals surface area contributed by atoms with Gasteiger partial charge in [0.2, 0.25) is 17.7 Å². The van der Waals surface area contributed by atoms with E-state index in [0.29, 0.717) is 30.1 Å². The summed E-state index contributed by atoms with van der Waals surface area (Å²) in [5.41, 5.74) is 8.32. The minimum atomic E-state index is -1.33.